The topological polar surface area (TPSA) is 93.7 Å². The summed E-state index contributed by atoms with van der Waals surface area (Å²) in [4.78, 5) is 14.8. The average molecular weight is 191 g/mol. The molecule has 0 spiro atoms. The van der Waals surface area contributed by atoms with Crippen LogP contribution in [0.5, 0.6) is 0 Å². The largest absolute Gasteiger partial charge is 0.382 e. The molecule has 0 saturated carbocycles. The summed E-state index contributed by atoms with van der Waals surface area (Å²) in [7, 11) is 0. The lowest BCUT2D eigenvalue weighted by Gasteiger charge is -2.00. The van der Waals surface area contributed by atoms with E-state index in [0.717, 1.165) is 13.0 Å². The van der Waals surface area contributed by atoms with Gasteiger partial charge in [-0.1, -0.05) is 6.92 Å². The molecule has 0 aliphatic rings. The van der Waals surface area contributed by atoms with Crippen molar-refractivity contribution in [3.8, 4) is 0 Å². The lowest BCUT2D eigenvalue weighted by molar-refractivity contribution is -0.257. The zero-order valence-corrected chi connectivity index (χ0v) is 7.83. The van der Waals surface area contributed by atoms with E-state index in [9.17, 15) is 0 Å². The number of nitrogens with one attached hydrogen (secondary N) is 2. The maximum Gasteiger partial charge on any atom is 0.382 e. The van der Waals surface area contributed by atoms with Gasteiger partial charge in [0.25, 0.3) is 0 Å². The second kappa shape index (κ2) is 3.38. The van der Waals surface area contributed by atoms with Gasteiger partial charge < -0.3 is 11.1 Å². The van der Waals surface area contributed by atoms with Crippen LogP contribution >= 0.6 is 0 Å². The molecule has 2 aromatic rings. The Bertz CT molecular complexity index is 434. The summed E-state index contributed by atoms with van der Waals surface area (Å²) in [5.74, 6) is 0.889. The molecule has 14 heavy (non-hydrogen) atoms. The number of nitrogens with zero attached hydrogens (tertiary/aromatic N) is 3. The third kappa shape index (κ3) is 1.40. The number of aromatic nitrogens is 4. The highest BCUT2D eigenvalue weighted by Gasteiger charge is 2.14. The van der Waals surface area contributed by atoms with Crippen LogP contribution in [0.15, 0.2) is 0 Å². The first-order valence-electron chi connectivity index (χ1n) is 4.44. The molecular weight excluding hydrogens is 180 g/mol. The molecule has 2 heterocycles. The molecule has 0 amide bonds. The van der Waals surface area contributed by atoms with Crippen LogP contribution in [0.4, 0.5) is 11.8 Å². The smallest absolute Gasteiger partial charge is 0.368 e. The molecule has 0 aromatic carbocycles. The van der Waals surface area contributed by atoms with Crippen LogP contribution in [0.1, 0.15) is 13.3 Å². The molecule has 72 valence electrons. The number of hydrogen-bond acceptors (Lipinski definition) is 4. The fourth-order valence-electron chi connectivity index (χ4n) is 1.17. The molecule has 2 rings (SSSR count). The van der Waals surface area contributed by atoms with Gasteiger partial charge in [-0.25, -0.2) is 0 Å². The van der Waals surface area contributed by atoms with Gasteiger partial charge in [0.05, 0.1) is 0 Å². The minimum Gasteiger partial charge on any atom is -0.368 e. The Balaban J connectivity index is 2.44. The van der Waals surface area contributed by atoms with Crippen molar-refractivity contribution in [2.45, 2.75) is 13.3 Å². The molecule has 0 radical (unpaired) electrons. The Morgan fingerprint density at radius 3 is 3.21 bits per heavy atom. The maximum atomic E-state index is 5.53. The molecule has 0 aliphatic heterocycles. The highest BCUT2D eigenvalue weighted by atomic mass is 15.1. The van der Waals surface area contributed by atoms with Gasteiger partial charge >= 0.3 is 17.5 Å². The SMILES string of the molecule is CCCNc1nc(N)nc2[nH]c#[n+]c12. The molecule has 0 fully saturated rings. The summed E-state index contributed by atoms with van der Waals surface area (Å²) in [6, 6.07) is 0. The Morgan fingerprint density at radius 2 is 2.43 bits per heavy atom. The van der Waals surface area contributed by atoms with Crippen molar-refractivity contribution >= 4 is 22.9 Å². The number of aromatic amines is 1. The van der Waals surface area contributed by atoms with Gasteiger partial charge in [0.15, 0.2) is 0 Å². The quantitative estimate of drug-likeness (QED) is 0.622. The molecule has 2 aromatic heterocycles. The number of rotatable bonds is 3. The number of nitrogens with two attached hydrogens (primary N) is 1. The van der Waals surface area contributed by atoms with Crippen LogP contribution in [0, 0.1) is 6.33 Å². The molecule has 0 atom stereocenters. The summed E-state index contributed by atoms with van der Waals surface area (Å²) in [5, 5.41) is 3.13. The lowest BCUT2D eigenvalue weighted by atomic mass is 10.4. The minimum atomic E-state index is 0.230. The molecule has 0 unspecified atom stereocenters. The average Bonchev–Trinajstić information content (AvgIpc) is 2.61. The normalized spacial score (nSPS) is 10.1. The molecule has 0 saturated heterocycles. The van der Waals surface area contributed by atoms with Crippen LogP contribution in [0.2, 0.25) is 0 Å². The van der Waals surface area contributed by atoms with Gasteiger partial charge in [0, 0.05) is 6.54 Å². The number of nitrogen functional groups attached to an aromatic ring is 1. The summed E-state index contributed by atoms with van der Waals surface area (Å²) >= 11 is 0. The first-order chi connectivity index (χ1) is 6.81. The second-order valence-electron chi connectivity index (χ2n) is 2.90. The predicted octanol–water partition coefficient (Wildman–Crippen LogP) is -0.238. The van der Waals surface area contributed by atoms with Crippen molar-refractivity contribution < 1.29 is 4.98 Å². The first kappa shape index (κ1) is 8.56. The summed E-state index contributed by atoms with van der Waals surface area (Å²) in [6.07, 6.45) is 3.62. The van der Waals surface area contributed by atoms with Gasteiger partial charge in [-0.05, 0) is 6.42 Å². The van der Waals surface area contributed by atoms with E-state index in [0.29, 0.717) is 17.0 Å². The van der Waals surface area contributed by atoms with Gasteiger partial charge in [-0.2, -0.15) is 15.0 Å². The highest BCUT2D eigenvalue weighted by Crippen LogP contribution is 2.13. The van der Waals surface area contributed by atoms with Crippen molar-refractivity contribution in [1.82, 2.24) is 15.0 Å². The Kier molecular flexibility index (Phi) is 2.07. The number of hydrogen-bond donors (Lipinski definition) is 3. The van der Waals surface area contributed by atoms with Crippen LogP contribution in [-0.4, -0.2) is 21.5 Å². The Hall–Kier alpha value is -2.03. The van der Waals surface area contributed by atoms with Gasteiger partial charge in [0.1, 0.15) is 0 Å². The van der Waals surface area contributed by atoms with E-state index in [2.05, 4.69) is 38.5 Å². The molecule has 6 heteroatoms. The fraction of sp³-hybridized carbons (Fsp3) is 0.375. The standard InChI is InChI=1S/C8H10N6/c1-2-3-10-6-5-7(12-4-11-5)14-8(9)13-6/h2-3H2,1H3,(H3,9,10,13,14)/p+1. The summed E-state index contributed by atoms with van der Waals surface area (Å²) in [5.41, 5.74) is 6.81. The van der Waals surface area contributed by atoms with Crippen LogP contribution in [-0.2, 0) is 0 Å². The molecule has 0 aliphatic carbocycles. The van der Waals surface area contributed by atoms with Crippen LogP contribution < -0.4 is 16.0 Å². The second-order valence-corrected chi connectivity index (χ2v) is 2.90. The predicted molar refractivity (Wildman–Crippen MR) is 51.5 cm³/mol. The Morgan fingerprint density at radius 1 is 1.57 bits per heavy atom. The zero-order valence-electron chi connectivity index (χ0n) is 7.83. The van der Waals surface area contributed by atoms with Gasteiger partial charge in [-0.15, -0.1) is 4.98 Å². The van der Waals surface area contributed by atoms with E-state index in [-0.39, 0.29) is 5.95 Å². The van der Waals surface area contributed by atoms with Crippen molar-refractivity contribution in [2.75, 3.05) is 17.6 Å². The third-order valence-corrected chi connectivity index (χ3v) is 1.79. The van der Waals surface area contributed by atoms with E-state index in [1.165, 1.54) is 0 Å². The van der Waals surface area contributed by atoms with Crippen molar-refractivity contribution in [3.63, 3.8) is 0 Å². The minimum absolute atomic E-state index is 0.230. The van der Waals surface area contributed by atoms with Crippen LogP contribution in [0.25, 0.3) is 11.2 Å². The van der Waals surface area contributed by atoms with E-state index < -0.39 is 0 Å². The molecule has 6 nitrogen and oxygen atoms in total. The van der Waals surface area contributed by atoms with E-state index in [4.69, 9.17) is 5.73 Å². The van der Waals surface area contributed by atoms with E-state index >= 15 is 0 Å². The van der Waals surface area contributed by atoms with Crippen molar-refractivity contribution in [2.24, 2.45) is 0 Å². The van der Waals surface area contributed by atoms with Crippen molar-refractivity contribution in [3.05, 3.63) is 6.33 Å². The fourth-order valence-corrected chi connectivity index (χ4v) is 1.17. The number of H-pyrrole nitrogens is 1. The Labute approximate surface area is 81.0 Å². The summed E-state index contributed by atoms with van der Waals surface area (Å²) in [6.45, 7) is 2.91. The number of anilines is 2. The van der Waals surface area contributed by atoms with E-state index in [1.807, 2.05) is 0 Å². The highest BCUT2D eigenvalue weighted by molar-refractivity contribution is 5.79. The monoisotopic (exact) mass is 191 g/mol. The van der Waals surface area contributed by atoms with Gasteiger partial charge in [-0.3, -0.25) is 0 Å². The first-order valence-corrected chi connectivity index (χ1v) is 4.44. The lowest BCUT2D eigenvalue weighted by Crippen LogP contribution is -2.08. The summed E-state index contributed by atoms with van der Waals surface area (Å²) < 4.78 is 0. The molecule has 4 N–H and O–H groups in total. The molecular formula is C8H11N6+. The molecule has 0 bridgehead atoms. The maximum absolute atomic E-state index is 5.53. The van der Waals surface area contributed by atoms with Gasteiger partial charge in [0.2, 0.25) is 11.8 Å². The zero-order chi connectivity index (χ0) is 9.97. The van der Waals surface area contributed by atoms with Crippen molar-refractivity contribution in [1.29, 1.82) is 0 Å². The van der Waals surface area contributed by atoms with Crippen LogP contribution in [0.3, 0.4) is 0 Å². The number of fused-ring (bicyclic) bond motifs is 1. The third-order valence-electron chi connectivity index (χ3n) is 1.79. The van der Waals surface area contributed by atoms with E-state index in [1.54, 1.807) is 0 Å².